The lowest BCUT2D eigenvalue weighted by Crippen LogP contribution is -2.47. The summed E-state index contributed by atoms with van der Waals surface area (Å²) in [4.78, 5) is 49.8. The maximum absolute atomic E-state index is 14.2. The van der Waals surface area contributed by atoms with Crippen molar-refractivity contribution in [1.82, 2.24) is 25.0 Å². The summed E-state index contributed by atoms with van der Waals surface area (Å²) in [7, 11) is -4.78. The summed E-state index contributed by atoms with van der Waals surface area (Å²) in [6, 6.07) is 6.16. The number of carbonyl (C=O) groups is 2. The van der Waals surface area contributed by atoms with Crippen LogP contribution in [0.15, 0.2) is 36.5 Å². The number of amides is 2. The van der Waals surface area contributed by atoms with Gasteiger partial charge in [0.15, 0.2) is 5.44 Å². The van der Waals surface area contributed by atoms with Crippen LogP contribution in [0.25, 0.3) is 11.0 Å². The molecule has 0 saturated carbocycles. The molecule has 1 fully saturated rings. The third kappa shape index (κ3) is 4.80. The van der Waals surface area contributed by atoms with Gasteiger partial charge in [0.1, 0.15) is 30.1 Å². The number of halogens is 3. The molecule has 14 heteroatoms. The molecule has 0 unspecified atom stereocenters. The molecule has 1 aromatic carbocycles. The quantitative estimate of drug-likeness (QED) is 0.422. The Hall–Kier alpha value is -2.92. The average Bonchev–Trinajstić information content (AvgIpc) is 3.36. The lowest BCUT2D eigenvalue weighted by molar-refractivity contribution is -0.139. The van der Waals surface area contributed by atoms with Crippen molar-refractivity contribution in [3.8, 4) is 0 Å². The molecule has 1 saturated heterocycles. The highest BCUT2D eigenvalue weighted by Crippen LogP contribution is 2.35. The number of aromatic nitrogens is 3. The molecule has 0 radical (unpaired) electrons. The summed E-state index contributed by atoms with van der Waals surface area (Å²) in [5.41, 5.74) is -0.318. The van der Waals surface area contributed by atoms with Crippen molar-refractivity contribution >= 4 is 47.5 Å². The van der Waals surface area contributed by atoms with E-state index in [-0.39, 0.29) is 41.1 Å². The molecule has 0 bridgehead atoms. The van der Waals surface area contributed by atoms with Crippen LogP contribution >= 0.6 is 19.2 Å². The Balaban J connectivity index is 1.52. The number of rotatable bonds is 6. The predicted molar refractivity (Wildman–Crippen MR) is 117 cm³/mol. The highest BCUT2D eigenvalue weighted by molar-refractivity contribution is 7.60. The third-order valence-electron chi connectivity index (χ3n) is 5.41. The van der Waals surface area contributed by atoms with Crippen molar-refractivity contribution < 1.29 is 32.7 Å². The Morgan fingerprint density at radius 2 is 2.03 bits per heavy atom. The van der Waals surface area contributed by atoms with E-state index >= 15 is 0 Å². The molecule has 0 spiro atoms. The van der Waals surface area contributed by atoms with Crippen LogP contribution in [0.3, 0.4) is 0 Å². The van der Waals surface area contributed by atoms with Gasteiger partial charge in [-0.25, -0.2) is 8.78 Å². The molecular formula is C20H19ClF2N5O5P. The van der Waals surface area contributed by atoms with Crippen LogP contribution in [-0.4, -0.2) is 60.0 Å². The highest BCUT2D eigenvalue weighted by Gasteiger charge is 2.40. The number of alkyl halides is 1. The SMILES string of the molecule is O=C(NCc1cccc(Cl)c1F)[C@@H]1C[C@@H](F)CN1C(=O)Cn1nc(P(=O)(O)O)c2ncccc21. The van der Waals surface area contributed by atoms with Gasteiger partial charge in [-0.3, -0.25) is 23.8 Å². The minimum absolute atomic E-state index is 0.0636. The van der Waals surface area contributed by atoms with E-state index in [1.807, 2.05) is 0 Å². The van der Waals surface area contributed by atoms with E-state index in [1.165, 1.54) is 36.5 Å². The maximum Gasteiger partial charge on any atom is 0.378 e. The Morgan fingerprint density at radius 1 is 1.26 bits per heavy atom. The van der Waals surface area contributed by atoms with E-state index < -0.39 is 49.4 Å². The zero-order valence-corrected chi connectivity index (χ0v) is 19.1. The zero-order valence-electron chi connectivity index (χ0n) is 17.4. The summed E-state index contributed by atoms with van der Waals surface area (Å²) in [6.45, 7) is -1.05. The number of benzene rings is 1. The molecule has 1 aliphatic heterocycles. The molecule has 2 amide bonds. The summed E-state index contributed by atoms with van der Waals surface area (Å²) in [5, 5.41) is 6.24. The highest BCUT2D eigenvalue weighted by atomic mass is 35.5. The second kappa shape index (κ2) is 9.38. The van der Waals surface area contributed by atoms with Gasteiger partial charge in [0, 0.05) is 24.7 Å². The molecule has 2 aromatic heterocycles. The molecule has 0 aliphatic carbocycles. The van der Waals surface area contributed by atoms with Crippen molar-refractivity contribution in [2.45, 2.75) is 31.7 Å². The van der Waals surface area contributed by atoms with Crippen LogP contribution in [0.4, 0.5) is 8.78 Å². The number of hydrogen-bond donors (Lipinski definition) is 3. The topological polar surface area (TPSA) is 138 Å². The summed E-state index contributed by atoms with van der Waals surface area (Å²) < 4.78 is 41.1. The van der Waals surface area contributed by atoms with Crippen molar-refractivity contribution in [2.75, 3.05) is 6.54 Å². The predicted octanol–water partition coefficient (Wildman–Crippen LogP) is 1.28. The monoisotopic (exact) mass is 513 g/mol. The number of likely N-dealkylation sites (tertiary alicyclic amines) is 1. The lowest BCUT2D eigenvalue weighted by atomic mass is 10.1. The number of nitrogens with one attached hydrogen (secondary N) is 1. The Kier molecular flexibility index (Phi) is 6.68. The minimum Gasteiger partial charge on any atom is -0.350 e. The van der Waals surface area contributed by atoms with Crippen LogP contribution in [0.2, 0.25) is 5.02 Å². The lowest BCUT2D eigenvalue weighted by Gasteiger charge is -2.23. The Bertz CT molecular complexity index is 1320. The molecule has 3 heterocycles. The van der Waals surface area contributed by atoms with E-state index in [2.05, 4.69) is 15.4 Å². The summed E-state index contributed by atoms with van der Waals surface area (Å²) >= 11 is 5.74. The van der Waals surface area contributed by atoms with E-state index in [0.717, 1.165) is 9.58 Å². The van der Waals surface area contributed by atoms with Crippen molar-refractivity contribution in [3.05, 3.63) is 52.9 Å². The average molecular weight is 514 g/mol. The smallest absolute Gasteiger partial charge is 0.350 e. The van der Waals surface area contributed by atoms with Crippen LogP contribution in [-0.2, 0) is 27.2 Å². The van der Waals surface area contributed by atoms with Gasteiger partial charge in [0.25, 0.3) is 0 Å². The number of pyridine rings is 1. The van der Waals surface area contributed by atoms with Crippen LogP contribution in [0.5, 0.6) is 0 Å². The van der Waals surface area contributed by atoms with Gasteiger partial charge >= 0.3 is 7.60 Å². The van der Waals surface area contributed by atoms with E-state index in [1.54, 1.807) is 0 Å². The molecule has 3 N–H and O–H groups in total. The van der Waals surface area contributed by atoms with Crippen molar-refractivity contribution in [3.63, 3.8) is 0 Å². The first-order valence-corrected chi connectivity index (χ1v) is 12.1. The second-order valence-corrected chi connectivity index (χ2v) is 9.64. The normalized spacial score (nSPS) is 18.4. The van der Waals surface area contributed by atoms with Gasteiger partial charge in [0.2, 0.25) is 11.8 Å². The molecule has 3 aromatic rings. The first-order chi connectivity index (χ1) is 16.1. The molecule has 10 nitrogen and oxygen atoms in total. The van der Waals surface area contributed by atoms with Crippen molar-refractivity contribution in [2.24, 2.45) is 0 Å². The number of nitrogens with zero attached hydrogens (tertiary/aromatic N) is 4. The minimum atomic E-state index is -4.78. The summed E-state index contributed by atoms with van der Waals surface area (Å²) in [6.07, 6.45) is -0.374. The first-order valence-electron chi connectivity index (χ1n) is 10.1. The fourth-order valence-electron chi connectivity index (χ4n) is 3.82. The van der Waals surface area contributed by atoms with E-state index in [9.17, 15) is 32.7 Å². The van der Waals surface area contributed by atoms with Gasteiger partial charge in [-0.05, 0) is 18.2 Å². The molecule has 1 aliphatic rings. The van der Waals surface area contributed by atoms with Crippen molar-refractivity contribution in [1.29, 1.82) is 0 Å². The summed E-state index contributed by atoms with van der Waals surface area (Å²) in [5.74, 6) is -2.04. The van der Waals surface area contributed by atoms with Crippen LogP contribution < -0.4 is 10.8 Å². The molecular weight excluding hydrogens is 495 g/mol. The number of fused-ring (bicyclic) bond motifs is 1. The van der Waals surface area contributed by atoms with Gasteiger partial charge < -0.3 is 20.0 Å². The Morgan fingerprint density at radius 3 is 2.76 bits per heavy atom. The zero-order chi connectivity index (χ0) is 24.6. The van der Waals surface area contributed by atoms with Gasteiger partial charge in [-0.2, -0.15) is 5.10 Å². The second-order valence-electron chi connectivity index (χ2n) is 7.72. The largest absolute Gasteiger partial charge is 0.378 e. The molecule has 2 atom stereocenters. The fourth-order valence-corrected chi connectivity index (χ4v) is 4.69. The van der Waals surface area contributed by atoms with Crippen LogP contribution in [0.1, 0.15) is 12.0 Å². The van der Waals surface area contributed by atoms with Crippen LogP contribution in [0, 0.1) is 5.82 Å². The van der Waals surface area contributed by atoms with E-state index in [4.69, 9.17) is 11.6 Å². The standard InChI is InChI=1S/C20H19ClF2N5O5P/c21-13-4-1-3-11(17(13)23)8-25-19(30)15-7-12(22)9-27(15)16(29)10-28-14-5-2-6-24-18(14)20(26-28)34(31,32)33/h1-6,12,15H,7-10H2,(H,25,30)(H2,31,32,33)/t12-,15+/m1/s1. The maximum atomic E-state index is 14.2. The molecule has 180 valence electrons. The van der Waals surface area contributed by atoms with E-state index in [0.29, 0.717) is 0 Å². The van der Waals surface area contributed by atoms with Gasteiger partial charge in [-0.1, -0.05) is 23.7 Å². The molecule has 4 rings (SSSR count). The third-order valence-corrected chi connectivity index (χ3v) is 6.56. The fraction of sp³-hybridized carbons (Fsp3) is 0.300. The molecule has 34 heavy (non-hydrogen) atoms. The van der Waals surface area contributed by atoms with Gasteiger partial charge in [0.05, 0.1) is 17.1 Å². The van der Waals surface area contributed by atoms with Gasteiger partial charge in [-0.15, -0.1) is 0 Å². The number of hydrogen-bond acceptors (Lipinski definition) is 5. The number of carbonyl (C=O) groups excluding carboxylic acids is 2. The Labute approximate surface area is 196 Å². The first kappa shape index (κ1) is 24.2.